The molecule has 0 aliphatic carbocycles. The molecule has 8 heteroatoms. The molecule has 6 rings (SSSR count). The fourth-order valence-electron chi connectivity index (χ4n) is 4.05. The molecule has 5 aromatic heterocycles. The highest BCUT2D eigenvalue weighted by Gasteiger charge is 2.16. The number of nitrogens with one attached hydrogen (secondary N) is 1. The summed E-state index contributed by atoms with van der Waals surface area (Å²) in [5.41, 5.74) is 3.55. The van der Waals surface area contributed by atoms with Crippen molar-refractivity contribution in [3.63, 3.8) is 0 Å². The predicted octanol–water partition coefficient (Wildman–Crippen LogP) is 4.72. The van der Waals surface area contributed by atoms with E-state index in [0.29, 0.717) is 5.65 Å². The molecular formula is C26H17N5O2S. The number of aryl methyl sites for hydroxylation is 1. The van der Waals surface area contributed by atoms with Crippen LogP contribution < -0.4 is 11.1 Å². The van der Waals surface area contributed by atoms with E-state index < -0.39 is 0 Å². The first-order valence-corrected chi connectivity index (χ1v) is 11.4. The molecule has 0 saturated heterocycles. The van der Waals surface area contributed by atoms with Crippen molar-refractivity contribution in [1.29, 1.82) is 0 Å². The molecule has 0 radical (unpaired) electrons. The van der Waals surface area contributed by atoms with Crippen LogP contribution in [-0.2, 0) is 0 Å². The Morgan fingerprint density at radius 2 is 1.85 bits per heavy atom. The molecule has 0 bridgehead atoms. The molecule has 34 heavy (non-hydrogen) atoms. The van der Waals surface area contributed by atoms with E-state index in [1.807, 2.05) is 37.3 Å². The van der Waals surface area contributed by atoms with Crippen molar-refractivity contribution in [3.05, 3.63) is 105 Å². The van der Waals surface area contributed by atoms with Gasteiger partial charge in [-0.25, -0.2) is 9.97 Å². The van der Waals surface area contributed by atoms with Crippen LogP contribution in [0.15, 0.2) is 88.8 Å². The zero-order valence-corrected chi connectivity index (χ0v) is 18.8. The van der Waals surface area contributed by atoms with E-state index in [1.54, 1.807) is 48.1 Å². The normalized spacial score (nSPS) is 11.3. The minimum atomic E-state index is -0.385. The van der Waals surface area contributed by atoms with E-state index in [9.17, 15) is 9.59 Å². The van der Waals surface area contributed by atoms with E-state index in [4.69, 9.17) is 4.98 Å². The number of rotatable bonds is 3. The van der Waals surface area contributed by atoms with Gasteiger partial charge in [0.1, 0.15) is 11.3 Å². The number of pyridine rings is 4. The van der Waals surface area contributed by atoms with E-state index in [2.05, 4.69) is 21.0 Å². The van der Waals surface area contributed by atoms with Crippen LogP contribution in [0.1, 0.15) is 5.01 Å². The minimum absolute atomic E-state index is 0.245. The summed E-state index contributed by atoms with van der Waals surface area (Å²) in [5.74, 6) is 0. The van der Waals surface area contributed by atoms with E-state index in [-0.39, 0.29) is 16.8 Å². The van der Waals surface area contributed by atoms with Gasteiger partial charge in [0.2, 0.25) is 0 Å². The van der Waals surface area contributed by atoms with Crippen molar-refractivity contribution in [2.45, 2.75) is 6.92 Å². The van der Waals surface area contributed by atoms with Crippen LogP contribution in [0.5, 0.6) is 0 Å². The summed E-state index contributed by atoms with van der Waals surface area (Å²) in [6.45, 7) is 1.95. The monoisotopic (exact) mass is 463 g/mol. The van der Waals surface area contributed by atoms with Crippen LogP contribution in [0.2, 0.25) is 0 Å². The SMILES string of the molecule is Cc1ncc(-c2nc3[nH]c(=O)c(-n4ccccc4=O)cc3cc2-c2ccc3ncccc3c2)s1. The molecule has 5 heterocycles. The number of H-pyrrole nitrogens is 1. The van der Waals surface area contributed by atoms with Crippen molar-refractivity contribution in [1.82, 2.24) is 24.5 Å². The van der Waals surface area contributed by atoms with Crippen LogP contribution >= 0.6 is 11.3 Å². The van der Waals surface area contributed by atoms with Gasteiger partial charge in [-0.2, -0.15) is 0 Å². The van der Waals surface area contributed by atoms with Gasteiger partial charge in [0.05, 0.1) is 21.1 Å². The Balaban J connectivity index is 1.65. The molecule has 164 valence electrons. The fourth-order valence-corrected chi connectivity index (χ4v) is 4.83. The Morgan fingerprint density at radius 3 is 2.68 bits per heavy atom. The maximum absolute atomic E-state index is 12.9. The van der Waals surface area contributed by atoms with Crippen LogP contribution in [0.25, 0.3) is 49.3 Å². The number of fused-ring (bicyclic) bond motifs is 2. The van der Waals surface area contributed by atoms with Crippen molar-refractivity contribution in [2.75, 3.05) is 0 Å². The summed E-state index contributed by atoms with van der Waals surface area (Å²) in [6, 6.07) is 18.5. The predicted molar refractivity (Wildman–Crippen MR) is 135 cm³/mol. The second-order valence-electron chi connectivity index (χ2n) is 7.87. The molecule has 6 aromatic rings. The van der Waals surface area contributed by atoms with Gasteiger partial charge in [-0.3, -0.25) is 19.1 Å². The van der Waals surface area contributed by atoms with Crippen LogP contribution in [0.3, 0.4) is 0 Å². The van der Waals surface area contributed by atoms with Gasteiger partial charge in [-0.05, 0) is 48.9 Å². The first-order valence-electron chi connectivity index (χ1n) is 10.6. The second kappa shape index (κ2) is 7.86. The third kappa shape index (κ3) is 3.41. The van der Waals surface area contributed by atoms with Crippen molar-refractivity contribution < 1.29 is 0 Å². The Labute approximate surface area is 197 Å². The first-order chi connectivity index (χ1) is 16.6. The third-order valence-electron chi connectivity index (χ3n) is 5.66. The number of benzene rings is 1. The van der Waals surface area contributed by atoms with E-state index >= 15 is 0 Å². The summed E-state index contributed by atoms with van der Waals surface area (Å²) in [6.07, 6.45) is 5.16. The minimum Gasteiger partial charge on any atom is -0.305 e. The van der Waals surface area contributed by atoms with Gasteiger partial charge in [0, 0.05) is 41.0 Å². The van der Waals surface area contributed by atoms with Crippen molar-refractivity contribution in [3.8, 4) is 27.4 Å². The topological polar surface area (TPSA) is 93.5 Å². The average molecular weight is 464 g/mol. The molecule has 0 aliphatic heterocycles. The van der Waals surface area contributed by atoms with Gasteiger partial charge in [-0.15, -0.1) is 11.3 Å². The number of nitrogens with zero attached hydrogens (tertiary/aromatic N) is 4. The first kappa shape index (κ1) is 20.2. The number of aromatic nitrogens is 5. The van der Waals surface area contributed by atoms with Gasteiger partial charge in [0.25, 0.3) is 11.1 Å². The maximum atomic E-state index is 12.9. The highest BCUT2D eigenvalue weighted by molar-refractivity contribution is 7.15. The molecule has 0 aliphatic rings. The zero-order valence-electron chi connectivity index (χ0n) is 18.0. The quantitative estimate of drug-likeness (QED) is 0.410. The summed E-state index contributed by atoms with van der Waals surface area (Å²) in [4.78, 5) is 42.6. The number of hydrogen-bond acceptors (Lipinski definition) is 6. The molecule has 0 unspecified atom stereocenters. The largest absolute Gasteiger partial charge is 0.305 e. The fraction of sp³-hybridized carbons (Fsp3) is 0.0385. The highest BCUT2D eigenvalue weighted by Crippen LogP contribution is 2.36. The standard InChI is InChI=1S/C26H17N5O2S/c1-15-28-14-22(34-15)24-19(16-7-8-20-17(11-16)5-4-9-27-20)12-18-13-21(26(33)30-25(18)29-24)31-10-3-2-6-23(31)32/h2-14H,1H3,(H,29,30,33). The Morgan fingerprint density at radius 1 is 0.941 bits per heavy atom. The number of hydrogen-bond donors (Lipinski definition) is 1. The van der Waals surface area contributed by atoms with Gasteiger partial charge < -0.3 is 4.98 Å². The van der Waals surface area contributed by atoms with Crippen LogP contribution in [0, 0.1) is 6.92 Å². The molecule has 0 fully saturated rings. The van der Waals surface area contributed by atoms with E-state index in [0.717, 1.165) is 43.0 Å². The summed E-state index contributed by atoms with van der Waals surface area (Å²) >= 11 is 1.54. The molecule has 1 N–H and O–H groups in total. The Kier molecular flexibility index (Phi) is 4.67. The number of thiazole rings is 1. The third-order valence-corrected chi connectivity index (χ3v) is 6.58. The smallest absolute Gasteiger partial charge is 0.273 e. The number of aromatic amines is 1. The molecular weight excluding hydrogens is 446 g/mol. The average Bonchev–Trinajstić information content (AvgIpc) is 3.29. The highest BCUT2D eigenvalue weighted by atomic mass is 32.1. The summed E-state index contributed by atoms with van der Waals surface area (Å²) < 4.78 is 1.33. The Bertz CT molecular complexity index is 1830. The van der Waals surface area contributed by atoms with Crippen LogP contribution in [0.4, 0.5) is 0 Å². The molecule has 0 amide bonds. The lowest BCUT2D eigenvalue weighted by molar-refractivity contribution is 0.965. The van der Waals surface area contributed by atoms with Crippen molar-refractivity contribution in [2.24, 2.45) is 0 Å². The molecule has 7 nitrogen and oxygen atoms in total. The lowest BCUT2D eigenvalue weighted by atomic mass is 10.00. The lowest BCUT2D eigenvalue weighted by Gasteiger charge is -2.12. The summed E-state index contributed by atoms with van der Waals surface area (Å²) in [5, 5.41) is 2.67. The second-order valence-corrected chi connectivity index (χ2v) is 9.10. The van der Waals surface area contributed by atoms with Gasteiger partial charge >= 0.3 is 0 Å². The zero-order chi connectivity index (χ0) is 23.2. The van der Waals surface area contributed by atoms with Gasteiger partial charge in [-0.1, -0.05) is 18.2 Å². The van der Waals surface area contributed by atoms with Crippen LogP contribution in [-0.4, -0.2) is 24.5 Å². The Hall–Kier alpha value is -4.43. The van der Waals surface area contributed by atoms with Crippen molar-refractivity contribution >= 4 is 33.3 Å². The molecule has 0 spiro atoms. The molecule has 1 aromatic carbocycles. The maximum Gasteiger partial charge on any atom is 0.273 e. The van der Waals surface area contributed by atoms with Gasteiger partial charge in [0.15, 0.2) is 0 Å². The molecule has 0 atom stereocenters. The molecule has 0 saturated carbocycles. The lowest BCUT2D eigenvalue weighted by Crippen LogP contribution is -2.23. The van der Waals surface area contributed by atoms with E-state index in [1.165, 1.54) is 10.6 Å². The summed E-state index contributed by atoms with van der Waals surface area (Å²) in [7, 11) is 0.